The normalized spacial score (nSPS) is 21.2. The lowest BCUT2D eigenvalue weighted by molar-refractivity contribution is -0.137. The van der Waals surface area contributed by atoms with Gasteiger partial charge in [0, 0.05) is 39.5 Å². The summed E-state index contributed by atoms with van der Waals surface area (Å²) in [6, 6.07) is 8.53. The second-order valence-corrected chi connectivity index (χ2v) is 12.7. The van der Waals surface area contributed by atoms with Gasteiger partial charge < -0.3 is 30.3 Å². The maximum absolute atomic E-state index is 13.5. The van der Waals surface area contributed by atoms with Crippen molar-refractivity contribution in [1.29, 1.82) is 0 Å². The smallest absolute Gasteiger partial charge is 0.243 e. The first-order valence-electron chi connectivity index (χ1n) is 15.9. The van der Waals surface area contributed by atoms with E-state index in [9.17, 15) is 19.5 Å². The second-order valence-electron chi connectivity index (χ2n) is 12.7. The number of carbonyl (C=O) groups excluding carboxylic acids is 3. The van der Waals surface area contributed by atoms with Gasteiger partial charge in [0.2, 0.25) is 17.7 Å². The topological polar surface area (TPSA) is 111 Å². The van der Waals surface area contributed by atoms with Crippen molar-refractivity contribution in [3.63, 3.8) is 0 Å². The monoisotopic (exact) mass is 596 g/mol. The third-order valence-electron chi connectivity index (χ3n) is 8.70. The predicted molar refractivity (Wildman–Crippen MR) is 168 cm³/mol. The Labute approximate surface area is 258 Å². The van der Waals surface area contributed by atoms with Crippen LogP contribution < -0.4 is 10.6 Å². The number of nitrogens with one attached hydrogen (secondary N) is 2. The highest BCUT2D eigenvalue weighted by Crippen LogP contribution is 2.38. The van der Waals surface area contributed by atoms with Gasteiger partial charge in [-0.15, -0.1) is 12.3 Å². The molecular formula is C34H52N4O5. The summed E-state index contributed by atoms with van der Waals surface area (Å²) in [5.74, 6) is 1.55. The number of hydrogen-bond acceptors (Lipinski definition) is 6. The summed E-state index contributed by atoms with van der Waals surface area (Å²) in [5, 5.41) is 16.7. The van der Waals surface area contributed by atoms with E-state index in [-0.39, 0.29) is 37.5 Å². The van der Waals surface area contributed by atoms with E-state index in [1.807, 2.05) is 49.3 Å². The first kappa shape index (κ1) is 34.6. The molecule has 6 atom stereocenters. The number of amides is 3. The third-order valence-corrected chi connectivity index (χ3v) is 8.70. The summed E-state index contributed by atoms with van der Waals surface area (Å²) in [6.45, 7) is 3.47. The minimum Gasteiger partial charge on any atom is -0.389 e. The molecule has 9 nitrogen and oxygen atoms in total. The Bertz CT molecular complexity index is 1070. The van der Waals surface area contributed by atoms with E-state index in [0.29, 0.717) is 31.3 Å². The molecule has 2 fully saturated rings. The van der Waals surface area contributed by atoms with Crippen molar-refractivity contribution in [3.8, 4) is 12.3 Å². The summed E-state index contributed by atoms with van der Waals surface area (Å²) in [5.41, 5.74) is 0.922. The Balaban J connectivity index is 1.62. The molecule has 0 heterocycles. The number of benzene rings is 1. The van der Waals surface area contributed by atoms with E-state index < -0.39 is 29.9 Å². The highest BCUT2D eigenvalue weighted by molar-refractivity contribution is 5.91. The van der Waals surface area contributed by atoms with Crippen LogP contribution in [0.2, 0.25) is 0 Å². The zero-order chi connectivity index (χ0) is 31.4. The number of terminal acetylenes is 1. The number of hydrogen-bond donors (Lipinski definition) is 3. The zero-order valence-corrected chi connectivity index (χ0v) is 26.5. The average Bonchev–Trinajstić information content (AvgIpc) is 3.83. The van der Waals surface area contributed by atoms with E-state index >= 15 is 0 Å². The molecule has 2 unspecified atom stereocenters. The Morgan fingerprint density at radius 3 is 2.37 bits per heavy atom. The maximum Gasteiger partial charge on any atom is 0.243 e. The van der Waals surface area contributed by atoms with Gasteiger partial charge in [0.05, 0.1) is 24.2 Å². The molecule has 1 aromatic carbocycles. The Morgan fingerprint density at radius 1 is 1.05 bits per heavy atom. The maximum atomic E-state index is 13.5. The molecule has 3 amide bonds. The number of carbonyl (C=O) groups is 3. The van der Waals surface area contributed by atoms with E-state index in [1.165, 1.54) is 6.42 Å². The number of aliphatic hydroxyl groups excluding tert-OH is 1. The minimum absolute atomic E-state index is 0.00770. The first-order chi connectivity index (χ1) is 20.6. The number of ether oxygens (including phenoxy) is 1. The number of aliphatic hydroxyl groups is 1. The van der Waals surface area contributed by atoms with E-state index in [4.69, 9.17) is 11.2 Å². The molecule has 1 aromatic rings. The second kappa shape index (κ2) is 17.4. The van der Waals surface area contributed by atoms with Crippen molar-refractivity contribution in [1.82, 2.24) is 20.4 Å². The first-order valence-corrected chi connectivity index (χ1v) is 15.9. The van der Waals surface area contributed by atoms with Crippen molar-refractivity contribution in [2.45, 2.75) is 89.1 Å². The highest BCUT2D eigenvalue weighted by Gasteiger charge is 2.40. The summed E-state index contributed by atoms with van der Waals surface area (Å²) >= 11 is 0. The fourth-order valence-electron chi connectivity index (χ4n) is 5.69. The Hall–Kier alpha value is -2.93. The molecule has 3 rings (SSSR count). The van der Waals surface area contributed by atoms with Crippen molar-refractivity contribution < 1.29 is 24.2 Å². The molecule has 2 aliphatic carbocycles. The lowest BCUT2D eigenvalue weighted by Gasteiger charge is -2.34. The SMILES string of the molecule is C#CC[C@H](NC(=O)[C@@H](CC(=O)N(C)CCN(C)C)Cc1ccccc1)C(=O)NC[C@@H](O)[C@@H](OC1CCCCC1C)C1CC1. The molecule has 43 heavy (non-hydrogen) atoms. The van der Waals surface area contributed by atoms with Crippen LogP contribution in [0.15, 0.2) is 30.3 Å². The quantitative estimate of drug-likeness (QED) is 0.239. The predicted octanol–water partition coefficient (Wildman–Crippen LogP) is 2.61. The zero-order valence-electron chi connectivity index (χ0n) is 26.5. The molecule has 0 spiro atoms. The van der Waals surface area contributed by atoms with Gasteiger partial charge in [-0.2, -0.15) is 0 Å². The van der Waals surface area contributed by atoms with E-state index in [0.717, 1.165) is 37.7 Å². The summed E-state index contributed by atoms with van der Waals surface area (Å²) in [4.78, 5) is 43.4. The van der Waals surface area contributed by atoms with Crippen molar-refractivity contribution in [3.05, 3.63) is 35.9 Å². The molecular weight excluding hydrogens is 544 g/mol. The molecule has 0 radical (unpaired) electrons. The van der Waals surface area contributed by atoms with Crippen molar-refractivity contribution in [2.75, 3.05) is 40.8 Å². The van der Waals surface area contributed by atoms with Crippen LogP contribution in [0.25, 0.3) is 0 Å². The van der Waals surface area contributed by atoms with Crippen molar-refractivity contribution in [2.24, 2.45) is 17.8 Å². The van der Waals surface area contributed by atoms with E-state index in [2.05, 4.69) is 23.5 Å². The van der Waals surface area contributed by atoms with Gasteiger partial charge in [0.15, 0.2) is 0 Å². The molecule has 0 aliphatic heterocycles. The summed E-state index contributed by atoms with van der Waals surface area (Å²) in [6.07, 6.45) is 11.4. The molecule has 0 saturated heterocycles. The van der Waals surface area contributed by atoms with Crippen LogP contribution in [0, 0.1) is 30.1 Å². The number of nitrogens with zero attached hydrogens (tertiary/aromatic N) is 2. The molecule has 9 heteroatoms. The molecule has 0 bridgehead atoms. The fraction of sp³-hybridized carbons (Fsp3) is 0.676. The van der Waals surface area contributed by atoms with Crippen LogP contribution in [0.4, 0.5) is 0 Å². The van der Waals surface area contributed by atoms with Crippen LogP contribution in [-0.2, 0) is 25.5 Å². The third kappa shape index (κ3) is 11.6. The van der Waals surface area contributed by atoms with Crippen molar-refractivity contribution >= 4 is 17.7 Å². The van der Waals surface area contributed by atoms with Crippen LogP contribution in [0.1, 0.15) is 63.9 Å². The molecule has 238 valence electrons. The molecule has 2 saturated carbocycles. The summed E-state index contributed by atoms with van der Waals surface area (Å²) in [7, 11) is 5.61. The van der Waals surface area contributed by atoms with Gasteiger partial charge in [-0.1, -0.05) is 50.1 Å². The van der Waals surface area contributed by atoms with Gasteiger partial charge in [-0.3, -0.25) is 14.4 Å². The number of rotatable bonds is 17. The van der Waals surface area contributed by atoms with Crippen LogP contribution in [0.5, 0.6) is 0 Å². The fourth-order valence-corrected chi connectivity index (χ4v) is 5.69. The van der Waals surface area contributed by atoms with Crippen LogP contribution in [0.3, 0.4) is 0 Å². The lowest BCUT2D eigenvalue weighted by atomic mass is 9.87. The van der Waals surface area contributed by atoms with Gasteiger partial charge >= 0.3 is 0 Å². The van der Waals surface area contributed by atoms with Gasteiger partial charge in [-0.05, 0) is 63.6 Å². The molecule has 3 N–H and O–H groups in total. The lowest BCUT2D eigenvalue weighted by Crippen LogP contribution is -2.52. The highest BCUT2D eigenvalue weighted by atomic mass is 16.5. The molecule has 2 aliphatic rings. The van der Waals surface area contributed by atoms with Gasteiger partial charge in [-0.25, -0.2) is 0 Å². The standard InChI is InChI=1S/C34H52N4O5/c1-6-12-28(34(42)35-23-29(39)32(26-17-18-26)43-30-16-11-10-13-24(30)2)36-33(41)27(21-25-14-8-7-9-15-25)22-31(40)38(5)20-19-37(3)4/h1,7-9,14-15,24,26-30,32,39H,10-13,16-23H2,2-5H3,(H,35,42)(H,36,41)/t24?,27-,28+,29-,30?,32+/m1/s1. The molecule has 0 aromatic heterocycles. The number of likely N-dealkylation sites (N-methyl/N-ethyl adjacent to an activating group) is 2. The van der Waals surface area contributed by atoms with Crippen LogP contribution in [-0.4, -0.2) is 97.8 Å². The largest absolute Gasteiger partial charge is 0.389 e. The average molecular weight is 597 g/mol. The summed E-state index contributed by atoms with van der Waals surface area (Å²) < 4.78 is 6.43. The van der Waals surface area contributed by atoms with Gasteiger partial charge in [0.25, 0.3) is 0 Å². The Kier molecular flexibility index (Phi) is 14.0. The minimum atomic E-state index is -0.983. The Morgan fingerprint density at radius 2 is 1.74 bits per heavy atom. The van der Waals surface area contributed by atoms with E-state index in [1.54, 1.807) is 11.9 Å². The van der Waals surface area contributed by atoms with Gasteiger partial charge in [0.1, 0.15) is 6.04 Å². The van der Waals surface area contributed by atoms with Crippen LogP contribution >= 0.6 is 0 Å².